The standard InChI is InChI=1S/C22H17N/c23-20-7-3-6-14-8-9-15-10-11-18-12-16-4-1-2-5-17(16)13-19(18)21(15)22(14)20/h1,3-9,11-13H,2,10,23H2. The Morgan fingerprint density at radius 3 is 2.83 bits per heavy atom. The Hall–Kier alpha value is -2.80. The van der Waals surface area contributed by atoms with Crippen LogP contribution in [0.1, 0.15) is 17.5 Å². The smallest absolute Gasteiger partial charge is 0.0400 e. The predicted molar refractivity (Wildman–Crippen MR) is 99.3 cm³/mol. The van der Waals surface area contributed by atoms with Crippen molar-refractivity contribution in [2.45, 2.75) is 12.8 Å². The predicted octanol–water partition coefficient (Wildman–Crippen LogP) is 3.62. The zero-order valence-corrected chi connectivity index (χ0v) is 12.8. The summed E-state index contributed by atoms with van der Waals surface area (Å²) in [5, 5.41) is 5.08. The first kappa shape index (κ1) is 12.7. The van der Waals surface area contributed by atoms with Crippen LogP contribution in [0.3, 0.4) is 0 Å². The molecule has 3 aromatic rings. The number of benzene rings is 3. The largest absolute Gasteiger partial charge is 0.398 e. The van der Waals surface area contributed by atoms with E-state index in [-0.39, 0.29) is 0 Å². The molecule has 23 heavy (non-hydrogen) atoms. The molecule has 0 heterocycles. The minimum atomic E-state index is 0.869. The molecule has 110 valence electrons. The Morgan fingerprint density at radius 2 is 1.87 bits per heavy atom. The summed E-state index contributed by atoms with van der Waals surface area (Å²) in [4.78, 5) is 0. The molecule has 0 atom stereocenters. The van der Waals surface area contributed by atoms with Crippen LogP contribution in [0.15, 0.2) is 48.5 Å². The number of rotatable bonds is 0. The fourth-order valence-corrected chi connectivity index (χ4v) is 3.90. The second-order valence-corrected chi connectivity index (χ2v) is 6.36. The first-order valence-corrected chi connectivity index (χ1v) is 8.13. The van der Waals surface area contributed by atoms with Crippen LogP contribution in [0.4, 0.5) is 5.69 Å². The van der Waals surface area contributed by atoms with Gasteiger partial charge in [0.2, 0.25) is 0 Å². The van der Waals surface area contributed by atoms with Crippen molar-refractivity contribution in [3.8, 4) is 11.1 Å². The van der Waals surface area contributed by atoms with Gasteiger partial charge in [-0.15, -0.1) is 0 Å². The number of nitrogen functional groups attached to an aromatic ring is 1. The third kappa shape index (κ3) is 1.80. The van der Waals surface area contributed by atoms with E-state index in [2.05, 4.69) is 54.6 Å². The topological polar surface area (TPSA) is 26.0 Å². The van der Waals surface area contributed by atoms with Crippen molar-refractivity contribution in [3.05, 3.63) is 70.1 Å². The van der Waals surface area contributed by atoms with E-state index >= 15 is 0 Å². The SMILES string of the molecule is Nc1cccc2ccc3c(c12)-c1cc2c(cc1=CC3)C=CCC=2. The summed E-state index contributed by atoms with van der Waals surface area (Å²) in [5.74, 6) is 0. The van der Waals surface area contributed by atoms with Gasteiger partial charge >= 0.3 is 0 Å². The summed E-state index contributed by atoms with van der Waals surface area (Å²) in [7, 11) is 0. The fourth-order valence-electron chi connectivity index (χ4n) is 3.90. The molecule has 0 saturated heterocycles. The number of allylic oxidation sites excluding steroid dienone is 1. The van der Waals surface area contributed by atoms with E-state index in [0.717, 1.165) is 18.5 Å². The Balaban J connectivity index is 1.95. The molecule has 0 radical (unpaired) electrons. The number of hydrogen-bond acceptors (Lipinski definition) is 1. The van der Waals surface area contributed by atoms with Gasteiger partial charge in [0, 0.05) is 11.1 Å². The molecule has 0 fully saturated rings. The highest BCUT2D eigenvalue weighted by Gasteiger charge is 2.16. The number of nitrogens with two attached hydrogens (primary N) is 1. The molecule has 1 nitrogen and oxygen atoms in total. The molecule has 1 heteroatoms. The summed E-state index contributed by atoms with van der Waals surface area (Å²) in [5.41, 5.74) is 12.5. The van der Waals surface area contributed by atoms with Gasteiger partial charge in [-0.2, -0.15) is 0 Å². The van der Waals surface area contributed by atoms with Gasteiger partial charge in [-0.05, 0) is 69.1 Å². The number of fused-ring (bicyclic) bond motifs is 6. The van der Waals surface area contributed by atoms with Gasteiger partial charge in [0.05, 0.1) is 0 Å². The molecule has 3 aromatic carbocycles. The van der Waals surface area contributed by atoms with Crippen LogP contribution in [0.2, 0.25) is 0 Å². The molecule has 0 aliphatic heterocycles. The van der Waals surface area contributed by atoms with Crippen LogP contribution in [-0.2, 0) is 6.42 Å². The highest BCUT2D eigenvalue weighted by Crippen LogP contribution is 2.36. The van der Waals surface area contributed by atoms with Gasteiger partial charge in [0.25, 0.3) is 0 Å². The lowest BCUT2D eigenvalue weighted by Gasteiger charge is -2.19. The van der Waals surface area contributed by atoms with Gasteiger partial charge < -0.3 is 5.73 Å². The summed E-state index contributed by atoms with van der Waals surface area (Å²) in [6.07, 6.45) is 11.1. The van der Waals surface area contributed by atoms with E-state index in [4.69, 9.17) is 5.73 Å². The zero-order valence-electron chi connectivity index (χ0n) is 12.8. The van der Waals surface area contributed by atoms with Crippen LogP contribution in [0.5, 0.6) is 0 Å². The van der Waals surface area contributed by atoms with Crippen molar-refractivity contribution in [2.75, 3.05) is 5.73 Å². The lowest BCUT2D eigenvalue weighted by molar-refractivity contribution is 1.29. The van der Waals surface area contributed by atoms with E-state index in [0.29, 0.717) is 0 Å². The number of hydrogen-bond donors (Lipinski definition) is 1. The molecule has 0 amide bonds. The summed E-state index contributed by atoms with van der Waals surface area (Å²) >= 11 is 0. The van der Waals surface area contributed by atoms with Crippen molar-refractivity contribution in [2.24, 2.45) is 0 Å². The lowest BCUT2D eigenvalue weighted by atomic mass is 9.85. The number of anilines is 1. The maximum absolute atomic E-state index is 6.35. The molecule has 2 N–H and O–H groups in total. The molecular formula is C22H17N. The van der Waals surface area contributed by atoms with Crippen LogP contribution < -0.4 is 16.2 Å². The molecule has 0 bridgehead atoms. The second kappa shape index (κ2) is 4.60. The first-order valence-electron chi connectivity index (χ1n) is 8.13. The third-order valence-corrected chi connectivity index (χ3v) is 5.00. The van der Waals surface area contributed by atoms with Crippen LogP contribution >= 0.6 is 0 Å². The quantitative estimate of drug-likeness (QED) is 0.630. The zero-order chi connectivity index (χ0) is 15.4. The summed E-state index contributed by atoms with van der Waals surface area (Å²) in [6.45, 7) is 0. The molecule has 0 saturated carbocycles. The average Bonchev–Trinajstić information content (AvgIpc) is 2.59. The Kier molecular flexibility index (Phi) is 2.54. The van der Waals surface area contributed by atoms with E-state index in [1.807, 2.05) is 12.1 Å². The molecule has 2 aliphatic carbocycles. The van der Waals surface area contributed by atoms with E-state index < -0.39 is 0 Å². The van der Waals surface area contributed by atoms with E-state index in [1.165, 1.54) is 43.5 Å². The monoisotopic (exact) mass is 295 g/mol. The van der Waals surface area contributed by atoms with Gasteiger partial charge in [-0.1, -0.05) is 48.6 Å². The van der Waals surface area contributed by atoms with Crippen LogP contribution in [-0.4, -0.2) is 0 Å². The second-order valence-electron chi connectivity index (χ2n) is 6.36. The highest BCUT2D eigenvalue weighted by molar-refractivity contribution is 6.06. The molecule has 5 rings (SSSR count). The van der Waals surface area contributed by atoms with Crippen molar-refractivity contribution in [1.82, 2.24) is 0 Å². The van der Waals surface area contributed by atoms with Gasteiger partial charge in [0.1, 0.15) is 0 Å². The van der Waals surface area contributed by atoms with Crippen molar-refractivity contribution in [3.63, 3.8) is 0 Å². The molecule has 0 aromatic heterocycles. The maximum atomic E-state index is 6.35. The van der Waals surface area contributed by atoms with Crippen LogP contribution in [0.25, 0.3) is 40.1 Å². The summed E-state index contributed by atoms with van der Waals surface area (Å²) < 4.78 is 0. The van der Waals surface area contributed by atoms with Crippen LogP contribution in [0, 0.1) is 0 Å². The lowest BCUT2D eigenvalue weighted by Crippen LogP contribution is -2.20. The Labute approximate surface area is 135 Å². The van der Waals surface area contributed by atoms with E-state index in [1.54, 1.807) is 0 Å². The molecule has 0 spiro atoms. The van der Waals surface area contributed by atoms with Gasteiger partial charge in [-0.3, -0.25) is 0 Å². The Bertz CT molecular complexity index is 1120. The average molecular weight is 295 g/mol. The maximum Gasteiger partial charge on any atom is 0.0400 e. The third-order valence-electron chi connectivity index (χ3n) is 5.00. The van der Waals surface area contributed by atoms with Gasteiger partial charge in [-0.25, -0.2) is 0 Å². The minimum absolute atomic E-state index is 0.869. The molecule has 2 aliphatic rings. The van der Waals surface area contributed by atoms with Crippen molar-refractivity contribution < 1.29 is 0 Å². The van der Waals surface area contributed by atoms with E-state index in [9.17, 15) is 0 Å². The minimum Gasteiger partial charge on any atom is -0.398 e. The first-order chi connectivity index (χ1) is 11.3. The fraction of sp³-hybridized carbons (Fsp3) is 0.0909. The van der Waals surface area contributed by atoms with Crippen molar-refractivity contribution >= 4 is 34.7 Å². The summed E-state index contributed by atoms with van der Waals surface area (Å²) in [6, 6.07) is 15.3. The normalized spacial score (nSPS) is 14.4. The van der Waals surface area contributed by atoms with Gasteiger partial charge in [0.15, 0.2) is 0 Å². The van der Waals surface area contributed by atoms with Crippen molar-refractivity contribution in [1.29, 1.82) is 0 Å². The molecule has 0 unspecified atom stereocenters. The Morgan fingerprint density at radius 1 is 0.913 bits per heavy atom. The molecular weight excluding hydrogens is 278 g/mol. The highest BCUT2D eigenvalue weighted by atomic mass is 14.6.